The molecule has 0 aliphatic rings. The van der Waals surface area contributed by atoms with E-state index >= 15 is 0 Å². The average Bonchev–Trinajstić information content (AvgIpc) is 2.30. The molecule has 18 heavy (non-hydrogen) atoms. The van der Waals surface area contributed by atoms with E-state index in [1.54, 1.807) is 0 Å². The number of quaternary nitrogens is 1. The lowest BCUT2D eigenvalue weighted by Gasteiger charge is -2.36. The quantitative estimate of drug-likeness (QED) is 0.266. The van der Waals surface area contributed by atoms with Crippen LogP contribution >= 0.6 is 0 Å². The van der Waals surface area contributed by atoms with Crippen LogP contribution in [0.3, 0.4) is 0 Å². The normalized spacial score (nSPS) is 10.8. The summed E-state index contributed by atoms with van der Waals surface area (Å²) in [6, 6.07) is 0. The standard InChI is InChI=1S/C14H28NO2.ClH/c1-5-9-15(10-6-2,11-13-16-7-3)12-14-17-8-4;/h5-6H,1-2,7-14H2,3-4H3;1H/q+1;/p-1. The van der Waals surface area contributed by atoms with E-state index in [2.05, 4.69) is 13.2 Å². The second-order valence-corrected chi connectivity index (χ2v) is 4.13. The van der Waals surface area contributed by atoms with Crippen molar-refractivity contribution in [1.82, 2.24) is 0 Å². The van der Waals surface area contributed by atoms with Gasteiger partial charge in [0, 0.05) is 13.2 Å². The molecular formula is C14H28ClNO2. The molecule has 0 radical (unpaired) electrons. The topological polar surface area (TPSA) is 18.5 Å². The van der Waals surface area contributed by atoms with Gasteiger partial charge in [-0.3, -0.25) is 0 Å². The van der Waals surface area contributed by atoms with Crippen LogP contribution in [-0.2, 0) is 9.47 Å². The molecule has 3 nitrogen and oxygen atoms in total. The van der Waals surface area contributed by atoms with Gasteiger partial charge in [-0.2, -0.15) is 0 Å². The van der Waals surface area contributed by atoms with Crippen LogP contribution in [0.4, 0.5) is 0 Å². The van der Waals surface area contributed by atoms with E-state index in [0.29, 0.717) is 0 Å². The summed E-state index contributed by atoms with van der Waals surface area (Å²) in [4.78, 5) is 0. The lowest BCUT2D eigenvalue weighted by atomic mass is 10.3. The fourth-order valence-corrected chi connectivity index (χ4v) is 1.90. The van der Waals surface area contributed by atoms with Crippen LogP contribution in [0.15, 0.2) is 25.3 Å². The van der Waals surface area contributed by atoms with E-state index in [-0.39, 0.29) is 12.4 Å². The van der Waals surface area contributed by atoms with E-state index in [0.717, 1.165) is 57.1 Å². The zero-order valence-corrected chi connectivity index (χ0v) is 12.6. The average molecular weight is 278 g/mol. The molecule has 0 unspecified atom stereocenters. The van der Waals surface area contributed by atoms with Gasteiger partial charge in [0.25, 0.3) is 0 Å². The largest absolute Gasteiger partial charge is 1.00 e. The Hall–Kier alpha value is -0.350. The molecule has 0 N–H and O–H groups in total. The van der Waals surface area contributed by atoms with Crippen molar-refractivity contribution >= 4 is 0 Å². The number of ether oxygens (including phenoxy) is 2. The van der Waals surface area contributed by atoms with Gasteiger partial charge in [0.05, 0.1) is 26.3 Å². The molecule has 0 saturated carbocycles. The number of halogens is 1. The summed E-state index contributed by atoms with van der Waals surface area (Å²) in [5, 5.41) is 0. The highest BCUT2D eigenvalue weighted by Gasteiger charge is 2.23. The first-order valence-corrected chi connectivity index (χ1v) is 6.47. The fraction of sp³-hybridized carbons (Fsp3) is 0.714. The molecule has 0 aromatic carbocycles. The molecule has 0 bridgehead atoms. The molecule has 0 heterocycles. The minimum absolute atomic E-state index is 0. The summed E-state index contributed by atoms with van der Waals surface area (Å²) in [5.41, 5.74) is 0. The lowest BCUT2D eigenvalue weighted by molar-refractivity contribution is -0.918. The van der Waals surface area contributed by atoms with Crippen molar-refractivity contribution in [1.29, 1.82) is 0 Å². The van der Waals surface area contributed by atoms with E-state index in [9.17, 15) is 0 Å². The van der Waals surface area contributed by atoms with Crippen molar-refractivity contribution in [3.8, 4) is 0 Å². The summed E-state index contributed by atoms with van der Waals surface area (Å²) in [6.45, 7) is 18.7. The zero-order chi connectivity index (χ0) is 13.0. The minimum atomic E-state index is 0. The van der Waals surface area contributed by atoms with E-state index < -0.39 is 0 Å². The Labute approximate surface area is 118 Å². The summed E-state index contributed by atoms with van der Waals surface area (Å²) < 4.78 is 11.8. The molecule has 0 aliphatic heterocycles. The summed E-state index contributed by atoms with van der Waals surface area (Å²) in [5.74, 6) is 0. The van der Waals surface area contributed by atoms with Crippen LogP contribution in [0.5, 0.6) is 0 Å². The van der Waals surface area contributed by atoms with Gasteiger partial charge in [-0.15, -0.1) is 0 Å². The zero-order valence-electron chi connectivity index (χ0n) is 11.9. The molecule has 0 fully saturated rings. The Morgan fingerprint density at radius 3 is 1.56 bits per heavy atom. The number of hydrogen-bond donors (Lipinski definition) is 0. The van der Waals surface area contributed by atoms with E-state index in [4.69, 9.17) is 9.47 Å². The van der Waals surface area contributed by atoms with Crippen molar-refractivity contribution in [3.05, 3.63) is 25.3 Å². The fourth-order valence-electron chi connectivity index (χ4n) is 1.90. The maximum absolute atomic E-state index is 5.46. The number of hydrogen-bond acceptors (Lipinski definition) is 2. The Morgan fingerprint density at radius 2 is 1.28 bits per heavy atom. The van der Waals surface area contributed by atoms with Crippen molar-refractivity contribution in [2.24, 2.45) is 0 Å². The second-order valence-electron chi connectivity index (χ2n) is 4.13. The molecule has 0 aromatic heterocycles. The number of rotatable bonds is 12. The number of nitrogens with zero attached hydrogens (tertiary/aromatic N) is 1. The Morgan fingerprint density at radius 1 is 0.889 bits per heavy atom. The van der Waals surface area contributed by atoms with Crippen molar-refractivity contribution < 1.29 is 26.4 Å². The molecule has 0 saturated heterocycles. The molecule has 0 aliphatic carbocycles. The summed E-state index contributed by atoms with van der Waals surface area (Å²) >= 11 is 0. The first-order valence-electron chi connectivity index (χ1n) is 6.47. The van der Waals surface area contributed by atoms with Crippen LogP contribution in [0.1, 0.15) is 13.8 Å². The van der Waals surface area contributed by atoms with Gasteiger partial charge >= 0.3 is 0 Å². The van der Waals surface area contributed by atoms with E-state index in [1.165, 1.54) is 0 Å². The maximum atomic E-state index is 5.46. The van der Waals surface area contributed by atoms with Crippen LogP contribution in [0.25, 0.3) is 0 Å². The Balaban J connectivity index is 0. The third kappa shape index (κ3) is 8.70. The second kappa shape index (κ2) is 13.1. The first-order chi connectivity index (χ1) is 8.24. The maximum Gasteiger partial charge on any atom is 0.103 e. The predicted octanol–water partition coefficient (Wildman–Crippen LogP) is -0.748. The third-order valence-corrected chi connectivity index (χ3v) is 2.86. The smallest absolute Gasteiger partial charge is 0.103 e. The van der Waals surface area contributed by atoms with Crippen LogP contribution in [0, 0.1) is 0 Å². The SMILES string of the molecule is C=CC[N+](CC=C)(CCOCC)CCOCC.[Cl-]. The highest BCUT2D eigenvalue weighted by atomic mass is 35.5. The van der Waals surface area contributed by atoms with Crippen molar-refractivity contribution in [2.45, 2.75) is 13.8 Å². The highest BCUT2D eigenvalue weighted by molar-refractivity contribution is 4.72. The van der Waals surface area contributed by atoms with Gasteiger partial charge in [-0.1, -0.05) is 13.2 Å². The monoisotopic (exact) mass is 277 g/mol. The van der Waals surface area contributed by atoms with Gasteiger partial charge in [-0.05, 0) is 26.0 Å². The molecule has 0 aromatic rings. The molecule has 4 heteroatoms. The highest BCUT2D eigenvalue weighted by Crippen LogP contribution is 2.08. The molecular weight excluding hydrogens is 250 g/mol. The minimum Gasteiger partial charge on any atom is -1.00 e. The Kier molecular flexibility index (Phi) is 14.5. The van der Waals surface area contributed by atoms with Crippen LogP contribution < -0.4 is 12.4 Å². The lowest BCUT2D eigenvalue weighted by Crippen LogP contribution is -3.00. The van der Waals surface area contributed by atoms with Gasteiger partial charge in [0.15, 0.2) is 0 Å². The van der Waals surface area contributed by atoms with Crippen molar-refractivity contribution in [2.75, 3.05) is 52.6 Å². The van der Waals surface area contributed by atoms with Gasteiger partial charge in [0.1, 0.15) is 13.1 Å². The third-order valence-electron chi connectivity index (χ3n) is 2.86. The predicted molar refractivity (Wildman–Crippen MR) is 73.1 cm³/mol. The summed E-state index contributed by atoms with van der Waals surface area (Å²) in [7, 11) is 0. The molecule has 108 valence electrons. The van der Waals surface area contributed by atoms with Gasteiger partial charge in [-0.25, -0.2) is 0 Å². The van der Waals surface area contributed by atoms with Crippen LogP contribution in [0.2, 0.25) is 0 Å². The van der Waals surface area contributed by atoms with E-state index in [1.807, 2.05) is 26.0 Å². The molecule has 0 spiro atoms. The molecule has 0 rings (SSSR count). The van der Waals surface area contributed by atoms with Crippen molar-refractivity contribution in [3.63, 3.8) is 0 Å². The molecule has 0 amide bonds. The Bertz CT molecular complexity index is 188. The van der Waals surface area contributed by atoms with Gasteiger partial charge in [0.2, 0.25) is 0 Å². The summed E-state index contributed by atoms with van der Waals surface area (Å²) in [6.07, 6.45) is 3.95. The van der Waals surface area contributed by atoms with Crippen LogP contribution in [-0.4, -0.2) is 57.1 Å². The van der Waals surface area contributed by atoms with Gasteiger partial charge < -0.3 is 26.4 Å². The first kappa shape index (κ1) is 20.0. The molecule has 0 atom stereocenters.